The number of amides is 1. The molecule has 1 rings (SSSR count). The largest absolute Gasteiger partial charge is 0.368 e. The van der Waals surface area contributed by atoms with E-state index < -0.39 is 0 Å². The third-order valence-electron chi connectivity index (χ3n) is 3.10. The third-order valence-corrected chi connectivity index (χ3v) is 3.10. The number of nitrogens with one attached hydrogen (secondary N) is 1. The highest BCUT2D eigenvalue weighted by Crippen LogP contribution is 2.14. The molecule has 1 heterocycles. The third kappa shape index (κ3) is 2.45. The lowest BCUT2D eigenvalue weighted by molar-refractivity contribution is -0.125. The summed E-state index contributed by atoms with van der Waals surface area (Å²) in [5.41, 5.74) is 5.37. The number of piperazine rings is 1. The number of hydrogen-bond donors (Lipinski definition) is 2. The van der Waals surface area contributed by atoms with Crippen molar-refractivity contribution in [3.05, 3.63) is 0 Å². The van der Waals surface area contributed by atoms with Gasteiger partial charge < -0.3 is 11.1 Å². The Labute approximate surface area is 85.8 Å². The van der Waals surface area contributed by atoms with Gasteiger partial charge in [-0.1, -0.05) is 13.8 Å². The van der Waals surface area contributed by atoms with Gasteiger partial charge in [0.2, 0.25) is 5.91 Å². The van der Waals surface area contributed by atoms with Crippen molar-refractivity contribution in [2.75, 3.05) is 19.6 Å². The summed E-state index contributed by atoms with van der Waals surface area (Å²) in [6.45, 7) is 9.04. The van der Waals surface area contributed by atoms with Gasteiger partial charge in [-0.2, -0.15) is 0 Å². The van der Waals surface area contributed by atoms with Crippen molar-refractivity contribution in [2.45, 2.75) is 32.9 Å². The maximum absolute atomic E-state index is 11.2. The van der Waals surface area contributed by atoms with Crippen LogP contribution < -0.4 is 11.1 Å². The Bertz CT molecular complexity index is 206. The van der Waals surface area contributed by atoms with Crippen molar-refractivity contribution in [3.63, 3.8) is 0 Å². The van der Waals surface area contributed by atoms with Crippen molar-refractivity contribution >= 4 is 5.91 Å². The predicted octanol–water partition coefficient (Wildman–Crippen LogP) is -0.210. The van der Waals surface area contributed by atoms with Gasteiger partial charge in [-0.05, 0) is 12.8 Å². The zero-order valence-electron chi connectivity index (χ0n) is 9.29. The number of nitrogens with zero attached hydrogens (tertiary/aromatic N) is 1. The van der Waals surface area contributed by atoms with Crippen molar-refractivity contribution in [1.29, 1.82) is 0 Å². The molecule has 1 saturated heterocycles. The Hall–Kier alpha value is -0.610. The summed E-state index contributed by atoms with van der Waals surface area (Å²) in [6, 6.07) is 0.274. The van der Waals surface area contributed by atoms with Gasteiger partial charge in [0.05, 0.1) is 0 Å². The molecule has 14 heavy (non-hydrogen) atoms. The number of rotatable bonds is 3. The van der Waals surface area contributed by atoms with Crippen LogP contribution in [-0.2, 0) is 4.79 Å². The first-order valence-electron chi connectivity index (χ1n) is 5.29. The summed E-state index contributed by atoms with van der Waals surface area (Å²) in [5, 5.41) is 3.20. The molecular weight excluding hydrogens is 178 g/mol. The molecule has 0 bridgehead atoms. The molecule has 3 N–H and O–H groups in total. The predicted molar refractivity (Wildman–Crippen MR) is 56.9 cm³/mol. The van der Waals surface area contributed by atoms with Crippen LogP contribution in [0.2, 0.25) is 0 Å². The van der Waals surface area contributed by atoms with Gasteiger partial charge in [0, 0.05) is 25.7 Å². The number of nitrogens with two attached hydrogens (primary N) is 1. The molecule has 0 spiro atoms. The van der Waals surface area contributed by atoms with E-state index in [2.05, 4.69) is 31.0 Å². The SMILES string of the molecule is CC(C)C(C)N1CCNCC1C(N)=O. The van der Waals surface area contributed by atoms with Gasteiger partial charge in [0.1, 0.15) is 6.04 Å². The molecular formula is C10H21N3O. The molecule has 0 aliphatic carbocycles. The van der Waals surface area contributed by atoms with Crippen molar-refractivity contribution < 1.29 is 4.79 Å². The first kappa shape index (κ1) is 11.5. The lowest BCUT2D eigenvalue weighted by Crippen LogP contribution is -2.60. The Morgan fingerprint density at radius 1 is 1.50 bits per heavy atom. The van der Waals surface area contributed by atoms with Crippen LogP contribution in [0.3, 0.4) is 0 Å². The summed E-state index contributed by atoms with van der Waals surface area (Å²) in [7, 11) is 0. The van der Waals surface area contributed by atoms with Crippen LogP contribution in [0.25, 0.3) is 0 Å². The Morgan fingerprint density at radius 3 is 2.64 bits per heavy atom. The molecule has 0 aromatic carbocycles. The highest BCUT2D eigenvalue weighted by molar-refractivity contribution is 5.80. The van der Waals surface area contributed by atoms with Crippen LogP contribution >= 0.6 is 0 Å². The lowest BCUT2D eigenvalue weighted by atomic mass is 10.0. The van der Waals surface area contributed by atoms with Gasteiger partial charge in [-0.3, -0.25) is 9.69 Å². The summed E-state index contributed by atoms with van der Waals surface area (Å²) >= 11 is 0. The first-order valence-corrected chi connectivity index (χ1v) is 5.29. The zero-order valence-corrected chi connectivity index (χ0v) is 9.29. The van der Waals surface area contributed by atoms with Crippen LogP contribution in [0.5, 0.6) is 0 Å². The molecule has 0 aromatic rings. The van der Waals surface area contributed by atoms with E-state index in [4.69, 9.17) is 5.73 Å². The molecule has 4 heteroatoms. The second kappa shape index (κ2) is 4.75. The molecule has 2 unspecified atom stereocenters. The number of carbonyl (C=O) groups is 1. The minimum absolute atomic E-state index is 0.138. The van der Waals surface area contributed by atoms with Gasteiger partial charge in [0.25, 0.3) is 0 Å². The monoisotopic (exact) mass is 199 g/mol. The normalized spacial score (nSPS) is 26.4. The molecule has 4 nitrogen and oxygen atoms in total. The van der Waals surface area contributed by atoms with Crippen LogP contribution in [0.1, 0.15) is 20.8 Å². The standard InChI is InChI=1S/C10H21N3O/c1-7(2)8(3)13-5-4-12-6-9(13)10(11)14/h7-9,12H,4-6H2,1-3H3,(H2,11,14). The highest BCUT2D eigenvalue weighted by Gasteiger charge is 2.31. The van der Waals surface area contributed by atoms with E-state index in [-0.39, 0.29) is 11.9 Å². The van der Waals surface area contributed by atoms with Crippen LogP contribution in [0.15, 0.2) is 0 Å². The van der Waals surface area contributed by atoms with Crippen LogP contribution in [0, 0.1) is 5.92 Å². The van der Waals surface area contributed by atoms with E-state index in [1.807, 2.05) is 0 Å². The number of hydrogen-bond acceptors (Lipinski definition) is 3. The van der Waals surface area contributed by atoms with Gasteiger partial charge >= 0.3 is 0 Å². The Morgan fingerprint density at radius 2 is 2.14 bits per heavy atom. The second-order valence-corrected chi connectivity index (χ2v) is 4.34. The lowest BCUT2D eigenvalue weighted by Gasteiger charge is -2.40. The molecule has 82 valence electrons. The highest BCUT2D eigenvalue weighted by atomic mass is 16.1. The van der Waals surface area contributed by atoms with E-state index in [0.717, 1.165) is 13.1 Å². The van der Waals surface area contributed by atoms with E-state index in [1.165, 1.54) is 0 Å². The maximum Gasteiger partial charge on any atom is 0.236 e. The van der Waals surface area contributed by atoms with E-state index >= 15 is 0 Å². The molecule has 2 atom stereocenters. The summed E-state index contributed by atoms with van der Waals surface area (Å²) < 4.78 is 0. The quantitative estimate of drug-likeness (QED) is 0.661. The van der Waals surface area contributed by atoms with Crippen LogP contribution in [-0.4, -0.2) is 42.5 Å². The van der Waals surface area contributed by atoms with Crippen molar-refractivity contribution in [3.8, 4) is 0 Å². The molecule has 0 aromatic heterocycles. The summed E-state index contributed by atoms with van der Waals surface area (Å²) in [6.07, 6.45) is 0. The number of carbonyl (C=O) groups excluding carboxylic acids is 1. The van der Waals surface area contributed by atoms with Gasteiger partial charge in [-0.15, -0.1) is 0 Å². The second-order valence-electron chi connectivity index (χ2n) is 4.34. The fourth-order valence-electron chi connectivity index (χ4n) is 1.85. The average molecular weight is 199 g/mol. The minimum Gasteiger partial charge on any atom is -0.368 e. The Kier molecular flexibility index (Phi) is 3.89. The topological polar surface area (TPSA) is 58.4 Å². The Balaban J connectivity index is 2.67. The first-order chi connectivity index (χ1) is 6.54. The van der Waals surface area contributed by atoms with E-state index in [1.54, 1.807) is 0 Å². The number of primary amides is 1. The van der Waals surface area contributed by atoms with Crippen molar-refractivity contribution in [1.82, 2.24) is 10.2 Å². The van der Waals surface area contributed by atoms with E-state index in [0.29, 0.717) is 18.5 Å². The maximum atomic E-state index is 11.2. The summed E-state index contributed by atoms with van der Waals surface area (Å²) in [5.74, 6) is 0.333. The molecule has 0 radical (unpaired) electrons. The minimum atomic E-state index is -0.218. The molecule has 1 fully saturated rings. The van der Waals surface area contributed by atoms with Crippen molar-refractivity contribution in [2.24, 2.45) is 11.7 Å². The molecule has 1 aliphatic heterocycles. The van der Waals surface area contributed by atoms with Gasteiger partial charge in [-0.25, -0.2) is 0 Å². The molecule has 1 amide bonds. The van der Waals surface area contributed by atoms with Crippen LogP contribution in [0.4, 0.5) is 0 Å². The van der Waals surface area contributed by atoms with E-state index in [9.17, 15) is 4.79 Å². The molecule has 0 saturated carbocycles. The fourth-order valence-corrected chi connectivity index (χ4v) is 1.85. The summed E-state index contributed by atoms with van der Waals surface area (Å²) in [4.78, 5) is 13.4. The zero-order chi connectivity index (χ0) is 10.7. The van der Waals surface area contributed by atoms with Gasteiger partial charge in [0.15, 0.2) is 0 Å². The smallest absolute Gasteiger partial charge is 0.236 e. The fraction of sp³-hybridized carbons (Fsp3) is 0.900. The average Bonchev–Trinajstić information content (AvgIpc) is 2.16. The molecule has 1 aliphatic rings.